The van der Waals surface area contributed by atoms with Crippen LogP contribution in [0.1, 0.15) is 18.4 Å². The molecule has 0 saturated carbocycles. The summed E-state index contributed by atoms with van der Waals surface area (Å²) in [6, 6.07) is 14.0. The average molecular weight is 426 g/mol. The van der Waals surface area contributed by atoms with E-state index in [9.17, 15) is 9.50 Å². The summed E-state index contributed by atoms with van der Waals surface area (Å²) in [4.78, 5) is 6.36. The summed E-state index contributed by atoms with van der Waals surface area (Å²) in [5.74, 6) is 1.13. The van der Waals surface area contributed by atoms with Crippen LogP contribution < -0.4 is 9.47 Å². The third-order valence-corrected chi connectivity index (χ3v) is 5.59. The minimum atomic E-state index is -0.858. The van der Waals surface area contributed by atoms with Crippen LogP contribution in [-0.4, -0.2) is 51.5 Å². The predicted molar refractivity (Wildman–Crippen MR) is 116 cm³/mol. The first-order valence-electron chi connectivity index (χ1n) is 10.6. The Balaban J connectivity index is 1.22. The van der Waals surface area contributed by atoms with Crippen molar-refractivity contribution >= 4 is 0 Å². The van der Waals surface area contributed by atoms with Crippen molar-refractivity contribution in [2.75, 3.05) is 26.3 Å². The van der Waals surface area contributed by atoms with Crippen LogP contribution in [0.5, 0.6) is 11.5 Å². The summed E-state index contributed by atoms with van der Waals surface area (Å²) in [5, 5.41) is 10.8. The molecule has 0 amide bonds. The van der Waals surface area contributed by atoms with Crippen LogP contribution in [0, 0.1) is 5.82 Å². The first-order valence-corrected chi connectivity index (χ1v) is 10.6. The van der Waals surface area contributed by atoms with E-state index in [1.165, 1.54) is 17.7 Å². The first-order chi connectivity index (χ1) is 15.1. The monoisotopic (exact) mass is 425 g/mol. The Hall–Kier alpha value is -2.90. The number of piperidine rings is 1. The molecule has 2 heterocycles. The minimum Gasteiger partial charge on any atom is -0.492 e. The molecule has 1 aromatic heterocycles. The summed E-state index contributed by atoms with van der Waals surface area (Å²) in [6.45, 7) is 3.95. The Bertz CT molecular complexity index is 939. The van der Waals surface area contributed by atoms with E-state index in [0.29, 0.717) is 25.2 Å². The molecule has 31 heavy (non-hydrogen) atoms. The van der Waals surface area contributed by atoms with Gasteiger partial charge in [0.05, 0.1) is 12.9 Å². The number of hydrogen-bond donors (Lipinski definition) is 1. The third-order valence-electron chi connectivity index (χ3n) is 5.59. The number of aliphatic hydroxyl groups is 1. The lowest BCUT2D eigenvalue weighted by atomic mass is 9.92. The van der Waals surface area contributed by atoms with Crippen LogP contribution >= 0.6 is 0 Å². The molecule has 6 nitrogen and oxygen atoms in total. The van der Waals surface area contributed by atoms with Crippen LogP contribution in [0.15, 0.2) is 67.3 Å². The number of rotatable bonds is 9. The quantitative estimate of drug-likeness (QED) is 0.569. The molecule has 4 rings (SSSR count). The standard InChI is InChI=1S/C24H28FN3O3/c25-21-4-6-22(7-5-21)31-18-24(29)8-11-27(12-9-24)17-20-2-1-3-23(16-20)30-15-14-28-13-10-26-19-28/h1-7,10,13,16,19,29H,8-9,11-12,14-15,17-18H2. The number of halogens is 1. The van der Waals surface area contributed by atoms with Gasteiger partial charge in [0.15, 0.2) is 0 Å². The summed E-state index contributed by atoms with van der Waals surface area (Å²) < 4.78 is 26.5. The maximum Gasteiger partial charge on any atom is 0.123 e. The number of hydrogen-bond acceptors (Lipinski definition) is 5. The zero-order valence-corrected chi connectivity index (χ0v) is 17.5. The van der Waals surface area contributed by atoms with Crippen LogP contribution in [0.3, 0.4) is 0 Å². The Morgan fingerprint density at radius 1 is 1.03 bits per heavy atom. The smallest absolute Gasteiger partial charge is 0.123 e. The SMILES string of the molecule is OC1(COc2ccc(F)cc2)CCN(Cc2cccc(OCCn3ccnc3)c2)CC1. The van der Waals surface area contributed by atoms with Crippen molar-refractivity contribution in [2.24, 2.45) is 0 Å². The van der Waals surface area contributed by atoms with E-state index >= 15 is 0 Å². The summed E-state index contributed by atoms with van der Waals surface area (Å²) in [7, 11) is 0. The molecule has 0 bridgehead atoms. The first kappa shape index (κ1) is 21.3. The van der Waals surface area contributed by atoms with Gasteiger partial charge in [-0.15, -0.1) is 0 Å². The predicted octanol–water partition coefficient (Wildman–Crippen LogP) is 3.51. The van der Waals surface area contributed by atoms with E-state index < -0.39 is 5.60 Å². The van der Waals surface area contributed by atoms with Crippen molar-refractivity contribution in [3.8, 4) is 11.5 Å². The second kappa shape index (κ2) is 9.94. The minimum absolute atomic E-state index is 0.215. The Kier molecular flexibility index (Phi) is 6.84. The Labute approximate surface area is 181 Å². The van der Waals surface area contributed by atoms with Gasteiger partial charge >= 0.3 is 0 Å². The average Bonchev–Trinajstić information content (AvgIpc) is 3.29. The van der Waals surface area contributed by atoms with Gasteiger partial charge in [-0.25, -0.2) is 9.37 Å². The molecule has 1 fully saturated rings. The summed E-state index contributed by atoms with van der Waals surface area (Å²) in [5.41, 5.74) is 0.330. The third kappa shape index (κ3) is 6.29. The normalized spacial score (nSPS) is 16.2. The molecule has 0 atom stereocenters. The molecule has 7 heteroatoms. The van der Waals surface area contributed by atoms with Gasteiger partial charge in [0, 0.05) is 32.0 Å². The van der Waals surface area contributed by atoms with Crippen molar-refractivity contribution in [1.29, 1.82) is 0 Å². The van der Waals surface area contributed by atoms with Gasteiger partial charge in [0.2, 0.25) is 0 Å². The molecular weight excluding hydrogens is 397 g/mol. The Morgan fingerprint density at radius 3 is 2.58 bits per heavy atom. The number of imidazole rings is 1. The van der Waals surface area contributed by atoms with Crippen LogP contribution in [0.2, 0.25) is 0 Å². The zero-order valence-electron chi connectivity index (χ0n) is 17.5. The molecule has 1 aliphatic heterocycles. The summed E-state index contributed by atoms with van der Waals surface area (Å²) >= 11 is 0. The molecule has 0 spiro atoms. The fraction of sp³-hybridized carbons (Fsp3) is 0.375. The number of likely N-dealkylation sites (tertiary alicyclic amines) is 1. The second-order valence-corrected chi connectivity index (χ2v) is 8.04. The van der Waals surface area contributed by atoms with Gasteiger partial charge in [0.1, 0.15) is 36.1 Å². The molecule has 0 aliphatic carbocycles. The maximum atomic E-state index is 13.0. The number of ether oxygens (including phenoxy) is 2. The lowest BCUT2D eigenvalue weighted by Crippen LogP contribution is -2.47. The lowest BCUT2D eigenvalue weighted by Gasteiger charge is -2.38. The van der Waals surface area contributed by atoms with E-state index in [1.54, 1.807) is 24.7 Å². The highest BCUT2D eigenvalue weighted by Crippen LogP contribution is 2.25. The topological polar surface area (TPSA) is 59.8 Å². The maximum absolute atomic E-state index is 13.0. The highest BCUT2D eigenvalue weighted by Gasteiger charge is 2.33. The van der Waals surface area contributed by atoms with Crippen molar-refractivity contribution in [3.63, 3.8) is 0 Å². The zero-order chi connectivity index (χ0) is 21.5. The molecule has 164 valence electrons. The van der Waals surface area contributed by atoms with Gasteiger partial charge in [-0.05, 0) is 54.8 Å². The molecule has 0 radical (unpaired) electrons. The number of benzene rings is 2. The Morgan fingerprint density at radius 2 is 1.84 bits per heavy atom. The van der Waals surface area contributed by atoms with Crippen LogP contribution in [0.4, 0.5) is 4.39 Å². The van der Waals surface area contributed by atoms with Gasteiger partial charge in [0.25, 0.3) is 0 Å². The second-order valence-electron chi connectivity index (χ2n) is 8.04. The van der Waals surface area contributed by atoms with E-state index in [4.69, 9.17) is 9.47 Å². The van der Waals surface area contributed by atoms with Gasteiger partial charge < -0.3 is 19.1 Å². The largest absolute Gasteiger partial charge is 0.492 e. The van der Waals surface area contributed by atoms with Crippen LogP contribution in [0.25, 0.3) is 0 Å². The van der Waals surface area contributed by atoms with Gasteiger partial charge in [-0.1, -0.05) is 12.1 Å². The summed E-state index contributed by atoms with van der Waals surface area (Å²) in [6.07, 6.45) is 6.73. The van der Waals surface area contributed by atoms with E-state index in [1.807, 2.05) is 22.9 Å². The van der Waals surface area contributed by atoms with E-state index in [2.05, 4.69) is 22.0 Å². The van der Waals surface area contributed by atoms with Crippen molar-refractivity contribution < 1.29 is 19.0 Å². The van der Waals surface area contributed by atoms with Crippen molar-refractivity contribution in [3.05, 3.63) is 78.6 Å². The van der Waals surface area contributed by atoms with Crippen molar-refractivity contribution in [2.45, 2.75) is 31.5 Å². The molecular formula is C24H28FN3O3. The fourth-order valence-electron chi connectivity index (χ4n) is 3.70. The fourth-order valence-corrected chi connectivity index (χ4v) is 3.70. The lowest BCUT2D eigenvalue weighted by molar-refractivity contribution is -0.0537. The van der Waals surface area contributed by atoms with Gasteiger partial charge in [-0.3, -0.25) is 4.90 Å². The number of aromatic nitrogens is 2. The van der Waals surface area contributed by atoms with Crippen LogP contribution in [-0.2, 0) is 13.1 Å². The highest BCUT2D eigenvalue weighted by molar-refractivity contribution is 5.28. The molecule has 1 saturated heterocycles. The van der Waals surface area contributed by atoms with Gasteiger partial charge in [-0.2, -0.15) is 0 Å². The molecule has 1 N–H and O–H groups in total. The molecule has 2 aromatic carbocycles. The molecule has 0 unspecified atom stereocenters. The molecule has 3 aromatic rings. The van der Waals surface area contributed by atoms with E-state index in [0.717, 1.165) is 31.9 Å². The number of nitrogens with zero attached hydrogens (tertiary/aromatic N) is 3. The van der Waals surface area contributed by atoms with E-state index in [-0.39, 0.29) is 12.4 Å². The highest BCUT2D eigenvalue weighted by atomic mass is 19.1. The van der Waals surface area contributed by atoms with Crippen molar-refractivity contribution in [1.82, 2.24) is 14.5 Å². The molecule has 1 aliphatic rings.